The Bertz CT molecular complexity index is 216. The Hall–Kier alpha value is -0.120. The van der Waals surface area contributed by atoms with E-state index in [2.05, 4.69) is 10.2 Å². The summed E-state index contributed by atoms with van der Waals surface area (Å²) in [5.41, 5.74) is 0. The highest BCUT2D eigenvalue weighted by atomic mass is 16.5. The summed E-state index contributed by atoms with van der Waals surface area (Å²) in [6.45, 7) is 7.10. The summed E-state index contributed by atoms with van der Waals surface area (Å²) in [5.74, 6) is 1.72. The van der Waals surface area contributed by atoms with Crippen molar-refractivity contribution >= 4 is 0 Å². The molecule has 1 N–H and O–H groups in total. The molecule has 3 nitrogen and oxygen atoms in total. The van der Waals surface area contributed by atoms with Crippen LogP contribution in [0.3, 0.4) is 0 Å². The third-order valence-electron chi connectivity index (χ3n) is 4.41. The van der Waals surface area contributed by atoms with Crippen molar-refractivity contribution in [2.45, 2.75) is 25.3 Å². The molecule has 3 heteroatoms. The smallest absolute Gasteiger partial charge is 0.0510 e. The molecule has 0 aliphatic carbocycles. The average Bonchev–Trinajstić information content (AvgIpc) is 2.77. The normalized spacial score (nSPS) is 39.2. The van der Waals surface area contributed by atoms with E-state index in [-0.39, 0.29) is 0 Å². The largest absolute Gasteiger partial charge is 0.381 e. The van der Waals surface area contributed by atoms with Gasteiger partial charge < -0.3 is 10.1 Å². The fourth-order valence-electron chi connectivity index (χ4n) is 3.39. The maximum Gasteiger partial charge on any atom is 0.0510 e. The van der Waals surface area contributed by atoms with Crippen molar-refractivity contribution in [3.05, 3.63) is 0 Å². The van der Waals surface area contributed by atoms with Gasteiger partial charge in [0.15, 0.2) is 0 Å². The van der Waals surface area contributed by atoms with E-state index in [0.717, 1.165) is 31.1 Å². The van der Waals surface area contributed by atoms with Crippen molar-refractivity contribution in [1.82, 2.24) is 10.2 Å². The molecule has 0 aromatic carbocycles. The molecule has 0 aromatic heterocycles. The first-order valence-electron chi connectivity index (χ1n) is 6.46. The van der Waals surface area contributed by atoms with E-state index in [9.17, 15) is 0 Å². The quantitative estimate of drug-likeness (QED) is 0.690. The molecule has 3 saturated heterocycles. The average molecular weight is 210 g/mol. The Balaban J connectivity index is 1.58. The van der Waals surface area contributed by atoms with Crippen molar-refractivity contribution in [3.63, 3.8) is 0 Å². The van der Waals surface area contributed by atoms with E-state index in [1.54, 1.807) is 0 Å². The number of fused-ring (bicyclic) bond motifs is 1. The zero-order valence-corrected chi connectivity index (χ0v) is 9.45. The van der Waals surface area contributed by atoms with Gasteiger partial charge in [0.25, 0.3) is 0 Å². The van der Waals surface area contributed by atoms with Gasteiger partial charge in [-0.15, -0.1) is 0 Å². The van der Waals surface area contributed by atoms with Gasteiger partial charge in [-0.1, -0.05) is 0 Å². The number of hydrogen-bond acceptors (Lipinski definition) is 3. The predicted octanol–water partition coefficient (Wildman–Crippen LogP) is 0.707. The molecule has 0 amide bonds. The van der Waals surface area contributed by atoms with Crippen LogP contribution < -0.4 is 5.32 Å². The van der Waals surface area contributed by atoms with Gasteiger partial charge in [0.1, 0.15) is 0 Å². The Morgan fingerprint density at radius 2 is 1.80 bits per heavy atom. The second-order valence-electron chi connectivity index (χ2n) is 5.32. The van der Waals surface area contributed by atoms with Crippen LogP contribution >= 0.6 is 0 Å². The molecule has 0 spiro atoms. The molecule has 3 fully saturated rings. The first-order chi connectivity index (χ1) is 7.43. The molecule has 3 aliphatic heterocycles. The topological polar surface area (TPSA) is 24.5 Å². The fourth-order valence-corrected chi connectivity index (χ4v) is 3.39. The molecule has 3 rings (SSSR count). The van der Waals surface area contributed by atoms with Crippen LogP contribution in [0.15, 0.2) is 0 Å². The van der Waals surface area contributed by atoms with Crippen molar-refractivity contribution in [3.8, 4) is 0 Å². The zero-order chi connectivity index (χ0) is 10.1. The second kappa shape index (κ2) is 4.40. The van der Waals surface area contributed by atoms with Crippen molar-refractivity contribution in [2.75, 3.05) is 39.4 Å². The molecule has 0 saturated carbocycles. The van der Waals surface area contributed by atoms with Crippen LogP contribution in [0.2, 0.25) is 0 Å². The van der Waals surface area contributed by atoms with Crippen LogP contribution in [0.25, 0.3) is 0 Å². The summed E-state index contributed by atoms with van der Waals surface area (Å²) in [5, 5.41) is 3.45. The number of ether oxygens (including phenoxy) is 1. The summed E-state index contributed by atoms with van der Waals surface area (Å²) in [6.07, 6.45) is 4.06. The van der Waals surface area contributed by atoms with Gasteiger partial charge in [-0.3, -0.25) is 4.90 Å². The first-order valence-corrected chi connectivity index (χ1v) is 6.46. The highest BCUT2D eigenvalue weighted by molar-refractivity contribution is 4.88. The summed E-state index contributed by atoms with van der Waals surface area (Å²) in [7, 11) is 0. The minimum absolute atomic E-state index is 0.841. The maximum atomic E-state index is 5.59. The number of likely N-dealkylation sites (tertiary alicyclic amines) is 1. The van der Waals surface area contributed by atoms with E-state index in [1.807, 2.05) is 0 Å². The monoisotopic (exact) mass is 210 g/mol. The molecule has 0 unspecified atom stereocenters. The third kappa shape index (κ3) is 2.05. The lowest BCUT2D eigenvalue weighted by Gasteiger charge is -2.40. The maximum absolute atomic E-state index is 5.59. The van der Waals surface area contributed by atoms with Gasteiger partial charge in [0.05, 0.1) is 6.61 Å². The summed E-state index contributed by atoms with van der Waals surface area (Å²) in [6, 6.07) is 0.854. The number of rotatable bonds is 1. The SMILES string of the molecule is C1CC(N2CC[C@@H]3COC[C@@H]3C2)CCN1. The van der Waals surface area contributed by atoms with E-state index in [0.29, 0.717) is 0 Å². The first kappa shape index (κ1) is 10.1. The lowest BCUT2D eigenvalue weighted by Crippen LogP contribution is -2.49. The number of hydrogen-bond donors (Lipinski definition) is 1. The molecule has 0 bridgehead atoms. The van der Waals surface area contributed by atoms with Crippen LogP contribution in [-0.2, 0) is 4.74 Å². The molecule has 0 radical (unpaired) electrons. The van der Waals surface area contributed by atoms with Crippen LogP contribution in [0, 0.1) is 11.8 Å². The van der Waals surface area contributed by atoms with Crippen molar-refractivity contribution < 1.29 is 4.74 Å². The summed E-state index contributed by atoms with van der Waals surface area (Å²) >= 11 is 0. The van der Waals surface area contributed by atoms with E-state index in [1.165, 1.54) is 45.4 Å². The van der Waals surface area contributed by atoms with Crippen LogP contribution in [0.5, 0.6) is 0 Å². The van der Waals surface area contributed by atoms with Crippen molar-refractivity contribution in [2.24, 2.45) is 11.8 Å². The fraction of sp³-hybridized carbons (Fsp3) is 1.00. The molecule has 15 heavy (non-hydrogen) atoms. The lowest BCUT2D eigenvalue weighted by molar-refractivity contribution is 0.0858. The Morgan fingerprint density at radius 3 is 2.67 bits per heavy atom. The molecular weight excluding hydrogens is 188 g/mol. The molecule has 3 aliphatic rings. The molecule has 3 heterocycles. The Labute approximate surface area is 92.2 Å². The van der Waals surface area contributed by atoms with Crippen molar-refractivity contribution in [1.29, 1.82) is 0 Å². The molecule has 0 aromatic rings. The Morgan fingerprint density at radius 1 is 1.00 bits per heavy atom. The van der Waals surface area contributed by atoms with E-state index >= 15 is 0 Å². The minimum Gasteiger partial charge on any atom is -0.381 e. The molecular formula is C12H22N2O. The summed E-state index contributed by atoms with van der Waals surface area (Å²) < 4.78 is 5.59. The second-order valence-corrected chi connectivity index (χ2v) is 5.32. The minimum atomic E-state index is 0.841. The van der Waals surface area contributed by atoms with Crippen LogP contribution in [0.1, 0.15) is 19.3 Å². The zero-order valence-electron chi connectivity index (χ0n) is 9.45. The van der Waals surface area contributed by atoms with E-state index in [4.69, 9.17) is 4.74 Å². The van der Waals surface area contributed by atoms with Crippen LogP contribution in [0.4, 0.5) is 0 Å². The number of piperidine rings is 2. The van der Waals surface area contributed by atoms with Gasteiger partial charge >= 0.3 is 0 Å². The van der Waals surface area contributed by atoms with Gasteiger partial charge in [0, 0.05) is 25.1 Å². The standard InChI is InChI=1S/C12H22N2O/c1-4-13-5-2-12(1)14-6-3-10-8-15-9-11(10)7-14/h10-13H,1-9H2/t10-,11+/m1/s1. The number of nitrogens with zero attached hydrogens (tertiary/aromatic N) is 1. The van der Waals surface area contributed by atoms with Gasteiger partial charge in [-0.2, -0.15) is 0 Å². The lowest BCUT2D eigenvalue weighted by atomic mass is 9.87. The highest BCUT2D eigenvalue weighted by Gasteiger charge is 2.36. The third-order valence-corrected chi connectivity index (χ3v) is 4.41. The van der Waals surface area contributed by atoms with Gasteiger partial charge in [-0.25, -0.2) is 0 Å². The van der Waals surface area contributed by atoms with E-state index < -0.39 is 0 Å². The van der Waals surface area contributed by atoms with Crippen LogP contribution in [-0.4, -0.2) is 50.3 Å². The Kier molecular flexibility index (Phi) is 2.95. The summed E-state index contributed by atoms with van der Waals surface area (Å²) in [4.78, 5) is 2.73. The molecule has 2 atom stereocenters. The molecule has 86 valence electrons. The highest BCUT2D eigenvalue weighted by Crippen LogP contribution is 2.31. The van der Waals surface area contributed by atoms with Gasteiger partial charge in [-0.05, 0) is 44.8 Å². The number of nitrogens with one attached hydrogen (secondary N) is 1. The van der Waals surface area contributed by atoms with Gasteiger partial charge in [0.2, 0.25) is 0 Å². The predicted molar refractivity (Wildman–Crippen MR) is 59.9 cm³/mol.